The maximum Gasteiger partial charge on any atom is 0.501 e. The van der Waals surface area contributed by atoms with Gasteiger partial charge in [-0.1, -0.05) is 0 Å². The van der Waals surface area contributed by atoms with Gasteiger partial charge in [-0.2, -0.15) is 13.2 Å². The molecule has 0 aromatic heterocycles. The normalized spacial score (nSPS) is 13.3. The van der Waals surface area contributed by atoms with Gasteiger partial charge in [-0.05, 0) is 18.2 Å². The highest BCUT2D eigenvalue weighted by Crippen LogP contribution is 2.35. The fourth-order valence-corrected chi connectivity index (χ4v) is 3.03. The smallest absolute Gasteiger partial charge is 0.495 e. The standard InChI is InChI=1S/C8H6ClF3O5S2/c1-17-6-3-2-5(4-7(6)19(9,15)16)18(13,14)8(10,11)12/h2-4H,1H3. The quantitative estimate of drug-likeness (QED) is 0.787. The number of ether oxygens (including phenoxy) is 1. The van der Waals surface area contributed by atoms with E-state index >= 15 is 0 Å². The minimum absolute atomic E-state index is 0.296. The number of methoxy groups -OCH3 is 1. The lowest BCUT2D eigenvalue weighted by Crippen LogP contribution is -2.23. The van der Waals surface area contributed by atoms with E-state index in [1.165, 1.54) is 0 Å². The molecule has 0 aliphatic heterocycles. The highest BCUT2D eigenvalue weighted by molar-refractivity contribution is 8.13. The number of alkyl halides is 3. The molecule has 0 amide bonds. The Hall–Kier alpha value is -1.00. The zero-order chi connectivity index (χ0) is 15.1. The monoisotopic (exact) mass is 338 g/mol. The third kappa shape index (κ3) is 3.12. The SMILES string of the molecule is COc1ccc(S(=O)(=O)C(F)(F)F)cc1S(=O)(=O)Cl. The summed E-state index contributed by atoms with van der Waals surface area (Å²) in [6, 6.07) is 1.64. The van der Waals surface area contributed by atoms with Crippen LogP contribution in [0.1, 0.15) is 0 Å². The lowest BCUT2D eigenvalue weighted by Gasteiger charge is -2.11. The molecule has 0 N–H and O–H groups in total. The van der Waals surface area contributed by atoms with Gasteiger partial charge in [0.1, 0.15) is 10.6 Å². The first-order chi connectivity index (χ1) is 8.41. The molecular weight excluding hydrogens is 333 g/mol. The van der Waals surface area contributed by atoms with Crippen LogP contribution in [0.5, 0.6) is 5.75 Å². The van der Waals surface area contributed by atoms with Crippen LogP contribution in [0.4, 0.5) is 13.2 Å². The Morgan fingerprint density at radius 1 is 1.16 bits per heavy atom. The number of rotatable bonds is 3. The molecule has 11 heteroatoms. The third-order valence-corrected chi connectivity index (χ3v) is 4.84. The molecule has 0 heterocycles. The first-order valence-corrected chi connectivity index (χ1v) is 8.14. The van der Waals surface area contributed by atoms with Gasteiger partial charge in [-0.15, -0.1) is 0 Å². The summed E-state index contributed by atoms with van der Waals surface area (Å²) in [6.07, 6.45) is 0. The zero-order valence-corrected chi connectivity index (χ0v) is 11.5. The average molecular weight is 339 g/mol. The molecule has 0 fully saturated rings. The molecule has 0 spiro atoms. The van der Waals surface area contributed by atoms with Crippen LogP contribution in [0, 0.1) is 0 Å². The van der Waals surface area contributed by atoms with E-state index in [0.29, 0.717) is 12.1 Å². The summed E-state index contributed by atoms with van der Waals surface area (Å²) < 4.78 is 86.1. The minimum Gasteiger partial charge on any atom is -0.495 e. The van der Waals surface area contributed by atoms with Gasteiger partial charge >= 0.3 is 5.51 Å². The van der Waals surface area contributed by atoms with E-state index in [0.717, 1.165) is 13.2 Å². The second kappa shape index (κ2) is 4.84. The van der Waals surface area contributed by atoms with E-state index in [-0.39, 0.29) is 5.75 Å². The Morgan fingerprint density at radius 3 is 2.05 bits per heavy atom. The van der Waals surface area contributed by atoms with Crippen molar-refractivity contribution in [3.63, 3.8) is 0 Å². The van der Waals surface area contributed by atoms with Crippen molar-refractivity contribution in [3.8, 4) is 5.75 Å². The van der Waals surface area contributed by atoms with Crippen LogP contribution in [0.25, 0.3) is 0 Å². The summed E-state index contributed by atoms with van der Waals surface area (Å²) in [5.74, 6) is -0.365. The molecule has 0 unspecified atom stereocenters. The van der Waals surface area contributed by atoms with E-state index in [1.807, 2.05) is 0 Å². The van der Waals surface area contributed by atoms with Gasteiger partial charge in [0.15, 0.2) is 0 Å². The molecule has 0 radical (unpaired) electrons. The van der Waals surface area contributed by atoms with E-state index in [9.17, 15) is 30.0 Å². The Morgan fingerprint density at radius 2 is 1.68 bits per heavy atom. The summed E-state index contributed by atoms with van der Waals surface area (Å²) in [6.45, 7) is 0. The van der Waals surface area contributed by atoms with Crippen molar-refractivity contribution >= 4 is 29.6 Å². The van der Waals surface area contributed by atoms with Crippen molar-refractivity contribution in [2.24, 2.45) is 0 Å². The Bertz CT molecular complexity index is 694. The fourth-order valence-electron chi connectivity index (χ4n) is 1.15. The van der Waals surface area contributed by atoms with Crippen molar-refractivity contribution < 1.29 is 34.7 Å². The maximum atomic E-state index is 12.3. The van der Waals surface area contributed by atoms with Crippen LogP contribution in [0.3, 0.4) is 0 Å². The predicted octanol–water partition coefficient (Wildman–Crippen LogP) is 1.92. The summed E-state index contributed by atoms with van der Waals surface area (Å²) in [7, 11) is -4.07. The minimum atomic E-state index is -5.66. The van der Waals surface area contributed by atoms with Crippen LogP contribution >= 0.6 is 10.7 Å². The molecule has 0 saturated carbocycles. The summed E-state index contributed by atoms with van der Waals surface area (Å²) in [4.78, 5) is -2.10. The average Bonchev–Trinajstić information content (AvgIpc) is 2.25. The van der Waals surface area contributed by atoms with Gasteiger partial charge < -0.3 is 4.74 Å². The van der Waals surface area contributed by atoms with E-state index in [2.05, 4.69) is 4.74 Å². The zero-order valence-electron chi connectivity index (χ0n) is 9.10. The summed E-state index contributed by atoms with van der Waals surface area (Å²) in [5, 5.41) is 0. The second-order valence-corrected chi connectivity index (χ2v) is 7.68. The summed E-state index contributed by atoms with van der Waals surface area (Å²) in [5.41, 5.74) is -5.55. The Labute approximate surface area is 111 Å². The van der Waals surface area contributed by atoms with Crippen LogP contribution in [-0.4, -0.2) is 29.5 Å². The Kier molecular flexibility index (Phi) is 4.09. The first kappa shape index (κ1) is 16.1. The van der Waals surface area contributed by atoms with Crippen molar-refractivity contribution in [1.82, 2.24) is 0 Å². The molecule has 1 aromatic rings. The number of sulfone groups is 1. The van der Waals surface area contributed by atoms with Gasteiger partial charge in [0.25, 0.3) is 18.9 Å². The van der Waals surface area contributed by atoms with Crippen LogP contribution in [0.15, 0.2) is 28.0 Å². The number of hydrogen-bond acceptors (Lipinski definition) is 5. The number of benzene rings is 1. The van der Waals surface area contributed by atoms with E-state index in [4.69, 9.17) is 10.7 Å². The highest BCUT2D eigenvalue weighted by Gasteiger charge is 2.47. The van der Waals surface area contributed by atoms with E-state index in [1.54, 1.807) is 0 Å². The van der Waals surface area contributed by atoms with E-state index < -0.39 is 34.2 Å². The predicted molar refractivity (Wildman–Crippen MR) is 59.3 cm³/mol. The molecule has 5 nitrogen and oxygen atoms in total. The molecule has 0 atom stereocenters. The largest absolute Gasteiger partial charge is 0.501 e. The van der Waals surface area contributed by atoms with Crippen LogP contribution in [-0.2, 0) is 18.9 Å². The second-order valence-electron chi connectivity index (χ2n) is 3.20. The van der Waals surface area contributed by atoms with Crippen LogP contribution < -0.4 is 4.74 Å². The molecule has 108 valence electrons. The molecule has 0 aliphatic carbocycles. The van der Waals surface area contributed by atoms with Gasteiger partial charge in [-0.25, -0.2) is 16.8 Å². The van der Waals surface area contributed by atoms with Crippen molar-refractivity contribution in [2.75, 3.05) is 7.11 Å². The topological polar surface area (TPSA) is 77.5 Å². The molecule has 19 heavy (non-hydrogen) atoms. The van der Waals surface area contributed by atoms with Gasteiger partial charge in [-0.3, -0.25) is 0 Å². The third-order valence-electron chi connectivity index (χ3n) is 2.01. The molecule has 1 rings (SSSR count). The lowest BCUT2D eigenvalue weighted by atomic mass is 10.3. The first-order valence-electron chi connectivity index (χ1n) is 4.35. The molecule has 0 saturated heterocycles. The van der Waals surface area contributed by atoms with Gasteiger partial charge in [0.05, 0.1) is 12.0 Å². The number of hydrogen-bond donors (Lipinski definition) is 0. The molecule has 0 bridgehead atoms. The molecule has 1 aromatic carbocycles. The van der Waals surface area contributed by atoms with Crippen molar-refractivity contribution in [1.29, 1.82) is 0 Å². The summed E-state index contributed by atoms with van der Waals surface area (Å²) >= 11 is 0. The van der Waals surface area contributed by atoms with Crippen molar-refractivity contribution in [3.05, 3.63) is 18.2 Å². The molecule has 0 aliphatic rings. The highest BCUT2D eigenvalue weighted by atomic mass is 35.7. The Balaban J connectivity index is 3.61. The fraction of sp³-hybridized carbons (Fsp3) is 0.250. The van der Waals surface area contributed by atoms with Crippen molar-refractivity contribution in [2.45, 2.75) is 15.3 Å². The lowest BCUT2D eigenvalue weighted by molar-refractivity contribution is -0.0436. The maximum absolute atomic E-state index is 12.3. The van der Waals surface area contributed by atoms with Crippen LogP contribution in [0.2, 0.25) is 0 Å². The van der Waals surface area contributed by atoms with Gasteiger partial charge in [0.2, 0.25) is 0 Å². The van der Waals surface area contributed by atoms with Gasteiger partial charge in [0, 0.05) is 10.7 Å². The molecular formula is C8H6ClF3O5S2. The number of halogens is 4.